The molecule has 1 heterocycles. The Morgan fingerprint density at radius 1 is 1.24 bits per heavy atom. The molecule has 7 nitrogen and oxygen atoms in total. The third kappa shape index (κ3) is 5.81. The van der Waals surface area contributed by atoms with Gasteiger partial charge in [-0.05, 0) is 44.4 Å². The number of aromatic nitrogens is 2. The van der Waals surface area contributed by atoms with Gasteiger partial charge in [-0.2, -0.15) is 5.10 Å². The first-order valence-electron chi connectivity index (χ1n) is 9.57. The standard InChI is InChI=1S/C21H28ClN3O4/c1-6-28-11-9-17-7-8-18(14(2)13-17)29-12-10-25(16(4)26)21(27)20-19(22)15(3)23-24(20)5/h7-8,13H,6,9-12H2,1-5H3. The van der Waals surface area contributed by atoms with Gasteiger partial charge < -0.3 is 9.47 Å². The molecule has 0 bridgehead atoms. The summed E-state index contributed by atoms with van der Waals surface area (Å²) in [7, 11) is 1.62. The smallest absolute Gasteiger partial charge is 0.280 e. The van der Waals surface area contributed by atoms with Crippen molar-refractivity contribution in [1.29, 1.82) is 0 Å². The van der Waals surface area contributed by atoms with Crippen LogP contribution in [0.5, 0.6) is 5.75 Å². The van der Waals surface area contributed by atoms with Gasteiger partial charge in [-0.3, -0.25) is 19.2 Å². The summed E-state index contributed by atoms with van der Waals surface area (Å²) in [5, 5.41) is 4.39. The second-order valence-electron chi connectivity index (χ2n) is 6.74. The minimum Gasteiger partial charge on any atom is -0.491 e. The minimum absolute atomic E-state index is 0.111. The van der Waals surface area contributed by atoms with Crippen molar-refractivity contribution in [2.24, 2.45) is 7.05 Å². The van der Waals surface area contributed by atoms with Crippen LogP contribution in [0.4, 0.5) is 0 Å². The molecule has 0 N–H and O–H groups in total. The highest BCUT2D eigenvalue weighted by molar-refractivity contribution is 6.34. The lowest BCUT2D eigenvalue weighted by Crippen LogP contribution is -2.39. The van der Waals surface area contributed by atoms with Crippen molar-refractivity contribution in [2.75, 3.05) is 26.4 Å². The molecular formula is C21H28ClN3O4. The summed E-state index contributed by atoms with van der Waals surface area (Å²) in [5.74, 6) is -0.149. The number of carbonyl (C=O) groups excluding carboxylic acids is 2. The zero-order valence-corrected chi connectivity index (χ0v) is 18.4. The molecule has 0 saturated heterocycles. The van der Waals surface area contributed by atoms with E-state index in [1.165, 1.54) is 17.2 Å². The summed E-state index contributed by atoms with van der Waals surface area (Å²) in [6.07, 6.45) is 0.840. The van der Waals surface area contributed by atoms with Crippen LogP contribution in [0.25, 0.3) is 0 Å². The molecule has 0 atom stereocenters. The van der Waals surface area contributed by atoms with Crippen LogP contribution in [0.2, 0.25) is 5.02 Å². The van der Waals surface area contributed by atoms with Gasteiger partial charge in [-0.15, -0.1) is 0 Å². The molecule has 0 radical (unpaired) electrons. The first kappa shape index (κ1) is 22.9. The molecule has 8 heteroatoms. The Balaban J connectivity index is 2.01. The van der Waals surface area contributed by atoms with Gasteiger partial charge in [0.1, 0.15) is 18.1 Å². The monoisotopic (exact) mass is 421 g/mol. The van der Waals surface area contributed by atoms with Gasteiger partial charge in [0.2, 0.25) is 5.91 Å². The normalized spacial score (nSPS) is 10.8. The molecule has 158 valence electrons. The van der Waals surface area contributed by atoms with E-state index in [-0.39, 0.29) is 29.8 Å². The van der Waals surface area contributed by atoms with E-state index in [0.717, 1.165) is 22.6 Å². The average molecular weight is 422 g/mol. The van der Waals surface area contributed by atoms with Crippen molar-refractivity contribution < 1.29 is 19.1 Å². The SMILES string of the molecule is CCOCCc1ccc(OCCN(C(C)=O)C(=O)c2c(Cl)c(C)nn2C)c(C)c1. The lowest BCUT2D eigenvalue weighted by Gasteiger charge is -2.20. The first-order chi connectivity index (χ1) is 13.8. The van der Waals surface area contributed by atoms with Gasteiger partial charge >= 0.3 is 0 Å². The van der Waals surface area contributed by atoms with Gasteiger partial charge in [-0.1, -0.05) is 23.7 Å². The molecule has 0 fully saturated rings. The van der Waals surface area contributed by atoms with E-state index >= 15 is 0 Å². The number of ether oxygens (including phenoxy) is 2. The van der Waals surface area contributed by atoms with Gasteiger partial charge in [0.25, 0.3) is 5.91 Å². The number of benzene rings is 1. The zero-order chi connectivity index (χ0) is 21.6. The molecule has 2 rings (SSSR count). The van der Waals surface area contributed by atoms with E-state index in [4.69, 9.17) is 21.1 Å². The number of hydrogen-bond acceptors (Lipinski definition) is 5. The van der Waals surface area contributed by atoms with E-state index in [2.05, 4.69) is 11.2 Å². The predicted molar refractivity (Wildman–Crippen MR) is 112 cm³/mol. The number of halogens is 1. The molecular weight excluding hydrogens is 394 g/mol. The Morgan fingerprint density at radius 2 is 1.97 bits per heavy atom. The fraction of sp³-hybridized carbons (Fsp3) is 0.476. The molecule has 0 saturated carbocycles. The molecule has 1 aromatic carbocycles. The third-order valence-corrected chi connectivity index (χ3v) is 4.98. The van der Waals surface area contributed by atoms with Crippen molar-refractivity contribution in [2.45, 2.75) is 34.1 Å². The lowest BCUT2D eigenvalue weighted by molar-refractivity contribution is -0.126. The maximum absolute atomic E-state index is 12.8. The van der Waals surface area contributed by atoms with Gasteiger partial charge in [0, 0.05) is 20.6 Å². The van der Waals surface area contributed by atoms with Crippen molar-refractivity contribution in [3.63, 3.8) is 0 Å². The van der Waals surface area contributed by atoms with Crippen LogP contribution >= 0.6 is 11.6 Å². The molecule has 0 aliphatic carbocycles. The van der Waals surface area contributed by atoms with Crippen molar-refractivity contribution in [3.8, 4) is 5.75 Å². The van der Waals surface area contributed by atoms with E-state index < -0.39 is 5.91 Å². The summed E-state index contributed by atoms with van der Waals surface area (Å²) >= 11 is 6.19. The maximum Gasteiger partial charge on any atom is 0.280 e. The molecule has 29 heavy (non-hydrogen) atoms. The van der Waals surface area contributed by atoms with E-state index in [0.29, 0.717) is 18.9 Å². The van der Waals surface area contributed by atoms with Crippen molar-refractivity contribution in [1.82, 2.24) is 14.7 Å². The summed E-state index contributed by atoms with van der Waals surface area (Å²) in [4.78, 5) is 26.0. The second kappa shape index (κ2) is 10.4. The molecule has 1 aromatic heterocycles. The summed E-state index contributed by atoms with van der Waals surface area (Å²) < 4.78 is 12.6. The number of rotatable bonds is 9. The zero-order valence-electron chi connectivity index (χ0n) is 17.6. The highest BCUT2D eigenvalue weighted by atomic mass is 35.5. The van der Waals surface area contributed by atoms with E-state index in [1.807, 2.05) is 26.0 Å². The summed E-state index contributed by atoms with van der Waals surface area (Å²) in [6, 6.07) is 5.95. The van der Waals surface area contributed by atoms with Crippen LogP contribution in [-0.4, -0.2) is 52.9 Å². The highest BCUT2D eigenvalue weighted by Gasteiger charge is 2.26. The van der Waals surface area contributed by atoms with Gasteiger partial charge in [0.05, 0.1) is 23.9 Å². The van der Waals surface area contributed by atoms with Crippen LogP contribution in [0.1, 0.15) is 41.2 Å². The van der Waals surface area contributed by atoms with Crippen molar-refractivity contribution >= 4 is 23.4 Å². The largest absolute Gasteiger partial charge is 0.491 e. The van der Waals surface area contributed by atoms with E-state index in [9.17, 15) is 9.59 Å². The van der Waals surface area contributed by atoms with Crippen LogP contribution in [-0.2, 0) is 23.0 Å². The van der Waals surface area contributed by atoms with Gasteiger partial charge in [0.15, 0.2) is 0 Å². The average Bonchev–Trinajstić information content (AvgIpc) is 2.91. The molecule has 0 unspecified atom stereocenters. The van der Waals surface area contributed by atoms with Crippen LogP contribution < -0.4 is 4.74 Å². The van der Waals surface area contributed by atoms with Crippen LogP contribution in [0.15, 0.2) is 18.2 Å². The summed E-state index contributed by atoms with van der Waals surface area (Å²) in [6.45, 7) is 8.66. The molecule has 0 aliphatic heterocycles. The van der Waals surface area contributed by atoms with Crippen molar-refractivity contribution in [3.05, 3.63) is 45.7 Å². The quantitative estimate of drug-likeness (QED) is 0.580. The molecule has 2 amide bonds. The number of carbonyl (C=O) groups is 2. The number of imide groups is 1. The Kier molecular flexibility index (Phi) is 8.22. The maximum atomic E-state index is 12.8. The molecule has 0 aliphatic rings. The Labute approximate surface area is 176 Å². The second-order valence-corrected chi connectivity index (χ2v) is 7.12. The topological polar surface area (TPSA) is 73.7 Å². The van der Waals surface area contributed by atoms with Gasteiger partial charge in [-0.25, -0.2) is 0 Å². The van der Waals surface area contributed by atoms with Crippen LogP contribution in [0, 0.1) is 13.8 Å². The highest BCUT2D eigenvalue weighted by Crippen LogP contribution is 2.22. The molecule has 0 spiro atoms. The molecule has 2 aromatic rings. The number of amides is 2. The fourth-order valence-corrected chi connectivity index (χ4v) is 3.25. The Bertz CT molecular complexity index is 879. The number of hydrogen-bond donors (Lipinski definition) is 0. The number of aryl methyl sites for hydroxylation is 3. The number of nitrogens with zero attached hydrogens (tertiary/aromatic N) is 3. The Morgan fingerprint density at radius 3 is 2.52 bits per heavy atom. The lowest BCUT2D eigenvalue weighted by atomic mass is 10.1. The fourth-order valence-electron chi connectivity index (χ4n) is 3.00. The Hall–Kier alpha value is -2.38. The van der Waals surface area contributed by atoms with Crippen LogP contribution in [0.3, 0.4) is 0 Å². The summed E-state index contributed by atoms with van der Waals surface area (Å²) in [5.41, 5.74) is 2.89. The minimum atomic E-state index is -0.489. The third-order valence-electron chi connectivity index (χ3n) is 4.53. The van der Waals surface area contributed by atoms with E-state index in [1.54, 1.807) is 14.0 Å². The first-order valence-corrected chi connectivity index (χ1v) is 9.95. The predicted octanol–water partition coefficient (Wildman–Crippen LogP) is 3.34.